The fourth-order valence-corrected chi connectivity index (χ4v) is 2.38. The number of hydrogen-bond acceptors (Lipinski definition) is 4. The third kappa shape index (κ3) is 3.46. The molecule has 12 heteroatoms. The summed E-state index contributed by atoms with van der Waals surface area (Å²) in [6.07, 6.45) is -4.71. The number of ether oxygens (including phenoxy) is 2. The fraction of sp³-hybridized carbons (Fsp3) is 0.133. The first-order valence-corrected chi connectivity index (χ1v) is 7.30. The van der Waals surface area contributed by atoms with Gasteiger partial charge in [-0.2, -0.15) is 18.3 Å². The molecule has 0 radical (unpaired) electrons. The van der Waals surface area contributed by atoms with Crippen molar-refractivity contribution in [2.45, 2.75) is 6.18 Å². The summed E-state index contributed by atoms with van der Waals surface area (Å²) < 4.78 is 102. The van der Waals surface area contributed by atoms with Crippen LogP contribution in [0.15, 0.2) is 17.2 Å². The van der Waals surface area contributed by atoms with Crippen LogP contribution in [0.2, 0.25) is 5.02 Å². The Hall–Kier alpha value is -2.69. The summed E-state index contributed by atoms with van der Waals surface area (Å²) >= 11 is 5.93. The van der Waals surface area contributed by atoms with Crippen molar-refractivity contribution in [1.82, 2.24) is 0 Å². The molecule has 0 bridgehead atoms. The maximum absolute atomic E-state index is 13.7. The SMILES string of the molecule is Fc1c(F)c(C(F)(F)F)c(F)c(F)c1NN=Cc1cc2c(cc1Cl)OCO2. The number of alkyl halides is 3. The van der Waals surface area contributed by atoms with Gasteiger partial charge in [0.2, 0.25) is 6.79 Å². The van der Waals surface area contributed by atoms with Crippen LogP contribution >= 0.6 is 11.6 Å². The van der Waals surface area contributed by atoms with Gasteiger partial charge in [0.15, 0.2) is 34.8 Å². The summed E-state index contributed by atoms with van der Waals surface area (Å²) in [6, 6.07) is 2.72. The molecule has 2 aromatic carbocycles. The third-order valence-electron chi connectivity index (χ3n) is 3.42. The predicted molar refractivity (Wildman–Crippen MR) is 80.1 cm³/mol. The van der Waals surface area contributed by atoms with Crippen LogP contribution in [0.5, 0.6) is 11.5 Å². The first kappa shape index (κ1) is 19.1. The molecule has 0 saturated carbocycles. The standard InChI is InChI=1S/C15H6ClF7N2O2/c16-6-2-8-7(26-4-27-8)1-5(6)3-24-25-14-12(19)10(17)9(15(21,22)23)11(18)13(14)20/h1-3,25H,4H2. The smallest absolute Gasteiger partial charge is 0.422 e. The van der Waals surface area contributed by atoms with Crippen LogP contribution in [0.25, 0.3) is 0 Å². The molecule has 1 aliphatic rings. The molecule has 4 nitrogen and oxygen atoms in total. The van der Waals surface area contributed by atoms with E-state index in [1.807, 2.05) is 0 Å². The Kier molecular flexibility index (Phi) is 4.81. The Morgan fingerprint density at radius 3 is 2.07 bits per heavy atom. The molecule has 0 atom stereocenters. The number of benzene rings is 2. The molecule has 1 heterocycles. The zero-order chi connectivity index (χ0) is 19.9. The van der Waals surface area contributed by atoms with Gasteiger partial charge in [-0.05, 0) is 6.07 Å². The van der Waals surface area contributed by atoms with Crippen molar-refractivity contribution in [2.75, 3.05) is 12.2 Å². The minimum Gasteiger partial charge on any atom is -0.454 e. The lowest BCUT2D eigenvalue weighted by Crippen LogP contribution is -2.16. The van der Waals surface area contributed by atoms with Gasteiger partial charge in [-0.3, -0.25) is 5.43 Å². The number of nitrogens with one attached hydrogen (secondary N) is 1. The summed E-state index contributed by atoms with van der Waals surface area (Å²) in [5.74, 6) is -9.12. The van der Waals surface area contributed by atoms with Gasteiger partial charge in [0.25, 0.3) is 0 Å². The van der Waals surface area contributed by atoms with E-state index in [4.69, 9.17) is 21.1 Å². The molecular formula is C15H6ClF7N2O2. The zero-order valence-corrected chi connectivity index (χ0v) is 13.5. The molecule has 0 unspecified atom stereocenters. The Balaban J connectivity index is 1.92. The summed E-state index contributed by atoms with van der Waals surface area (Å²) in [5, 5.41) is 3.44. The largest absolute Gasteiger partial charge is 0.454 e. The van der Waals surface area contributed by atoms with Gasteiger partial charge < -0.3 is 9.47 Å². The van der Waals surface area contributed by atoms with Crippen LogP contribution in [-0.4, -0.2) is 13.0 Å². The minimum atomic E-state index is -5.63. The number of rotatable bonds is 3. The Morgan fingerprint density at radius 2 is 1.52 bits per heavy atom. The van der Waals surface area contributed by atoms with E-state index in [-0.39, 0.29) is 17.4 Å². The maximum Gasteiger partial charge on any atom is 0.422 e. The summed E-state index contributed by atoms with van der Waals surface area (Å²) in [6.45, 7) is -0.0506. The van der Waals surface area contributed by atoms with Crippen LogP contribution < -0.4 is 14.9 Å². The lowest BCUT2D eigenvalue weighted by molar-refractivity contribution is -0.143. The van der Waals surface area contributed by atoms with Crippen molar-refractivity contribution < 1.29 is 40.2 Å². The van der Waals surface area contributed by atoms with E-state index < -0.39 is 40.7 Å². The van der Waals surface area contributed by atoms with Crippen molar-refractivity contribution in [1.29, 1.82) is 0 Å². The van der Waals surface area contributed by atoms with Crippen LogP contribution in [0.3, 0.4) is 0 Å². The highest BCUT2D eigenvalue weighted by molar-refractivity contribution is 6.33. The van der Waals surface area contributed by atoms with Gasteiger partial charge in [0, 0.05) is 11.6 Å². The molecule has 0 saturated heterocycles. The molecule has 1 N–H and O–H groups in total. The molecule has 144 valence electrons. The monoisotopic (exact) mass is 414 g/mol. The molecule has 0 aromatic heterocycles. The molecule has 0 fully saturated rings. The molecule has 27 heavy (non-hydrogen) atoms. The van der Waals surface area contributed by atoms with E-state index in [0.29, 0.717) is 11.5 Å². The second-order valence-corrected chi connectivity index (χ2v) is 5.51. The summed E-state index contributed by atoms with van der Waals surface area (Å²) in [4.78, 5) is 0. The van der Waals surface area contributed by atoms with Crippen molar-refractivity contribution in [2.24, 2.45) is 5.10 Å². The van der Waals surface area contributed by atoms with Crippen molar-refractivity contribution in [3.63, 3.8) is 0 Å². The lowest BCUT2D eigenvalue weighted by Gasteiger charge is -2.13. The van der Waals surface area contributed by atoms with Crippen molar-refractivity contribution >= 4 is 23.5 Å². The second kappa shape index (κ2) is 6.80. The van der Waals surface area contributed by atoms with Crippen LogP contribution in [0.4, 0.5) is 36.4 Å². The predicted octanol–water partition coefficient (Wildman–Crippen LogP) is 5.09. The average molecular weight is 415 g/mol. The van der Waals surface area contributed by atoms with Gasteiger partial charge in [-0.1, -0.05) is 11.6 Å². The molecule has 1 aliphatic heterocycles. The fourth-order valence-electron chi connectivity index (χ4n) is 2.18. The third-order valence-corrected chi connectivity index (χ3v) is 3.75. The maximum atomic E-state index is 13.7. The van der Waals surface area contributed by atoms with Gasteiger partial charge in [0.1, 0.15) is 11.3 Å². The second-order valence-electron chi connectivity index (χ2n) is 5.10. The number of anilines is 1. The van der Waals surface area contributed by atoms with Crippen molar-refractivity contribution in [3.8, 4) is 11.5 Å². The number of halogens is 8. The van der Waals surface area contributed by atoms with Crippen LogP contribution in [-0.2, 0) is 6.18 Å². The molecule has 2 aromatic rings. The van der Waals surface area contributed by atoms with Crippen LogP contribution in [0, 0.1) is 23.3 Å². The molecule has 0 amide bonds. The highest BCUT2D eigenvalue weighted by atomic mass is 35.5. The Labute approximate surface area is 151 Å². The highest BCUT2D eigenvalue weighted by Crippen LogP contribution is 2.39. The Morgan fingerprint density at radius 1 is 0.963 bits per heavy atom. The minimum absolute atomic E-state index is 0.0506. The first-order valence-electron chi connectivity index (χ1n) is 6.92. The van der Waals surface area contributed by atoms with Crippen LogP contribution in [0.1, 0.15) is 11.1 Å². The quantitative estimate of drug-likeness (QED) is 0.329. The van der Waals surface area contributed by atoms with E-state index >= 15 is 0 Å². The number of hydrazone groups is 1. The van der Waals surface area contributed by atoms with E-state index in [1.54, 1.807) is 5.43 Å². The molecular weight excluding hydrogens is 409 g/mol. The summed E-state index contributed by atoms with van der Waals surface area (Å²) in [7, 11) is 0. The molecule has 3 rings (SSSR count). The van der Waals surface area contributed by atoms with E-state index in [0.717, 1.165) is 6.21 Å². The first-order chi connectivity index (χ1) is 12.6. The van der Waals surface area contributed by atoms with Crippen molar-refractivity contribution in [3.05, 3.63) is 51.6 Å². The van der Waals surface area contributed by atoms with Gasteiger partial charge >= 0.3 is 6.18 Å². The molecule has 0 spiro atoms. The zero-order valence-electron chi connectivity index (χ0n) is 12.7. The topological polar surface area (TPSA) is 42.9 Å². The van der Waals surface area contributed by atoms with Gasteiger partial charge in [-0.15, -0.1) is 0 Å². The number of fused-ring (bicyclic) bond motifs is 1. The lowest BCUT2D eigenvalue weighted by atomic mass is 10.1. The van der Waals surface area contributed by atoms with E-state index in [1.165, 1.54) is 12.1 Å². The number of hydrogen-bond donors (Lipinski definition) is 1. The van der Waals surface area contributed by atoms with Gasteiger partial charge in [0.05, 0.1) is 11.2 Å². The Bertz CT molecular complexity index is 918. The van der Waals surface area contributed by atoms with E-state index in [9.17, 15) is 30.7 Å². The highest BCUT2D eigenvalue weighted by Gasteiger charge is 2.42. The molecule has 0 aliphatic carbocycles. The summed E-state index contributed by atoms with van der Waals surface area (Å²) in [5.41, 5.74) is -2.42. The van der Waals surface area contributed by atoms with Gasteiger partial charge in [-0.25, -0.2) is 17.6 Å². The normalized spacial score (nSPS) is 13.5. The number of nitrogens with zero attached hydrogens (tertiary/aromatic N) is 1. The average Bonchev–Trinajstić information content (AvgIpc) is 3.02. The van der Waals surface area contributed by atoms with E-state index in [2.05, 4.69) is 5.10 Å².